The maximum atomic E-state index is 5.68. The van der Waals surface area contributed by atoms with Crippen molar-refractivity contribution in [1.29, 1.82) is 0 Å². The summed E-state index contributed by atoms with van der Waals surface area (Å²) in [5.41, 5.74) is 1.22. The number of hydrogen-bond donors (Lipinski definition) is 1. The van der Waals surface area contributed by atoms with Crippen LogP contribution in [0.25, 0.3) is 0 Å². The van der Waals surface area contributed by atoms with Crippen LogP contribution >= 0.6 is 0 Å². The standard InChI is InChI=1S/C17H27N3O/c1-3-10-18-15-11-14(12-6-4-5-7-12)19-17(20-15)16(21-2)13-8-9-13/h11-13,16H,3-10H2,1-2H3,(H,18,19,20). The number of nitrogens with zero attached hydrogens (tertiary/aromatic N) is 2. The number of aromatic nitrogens is 2. The SMILES string of the molecule is CCCNc1cc(C2CCCC2)nc(C(OC)C2CC2)n1. The highest BCUT2D eigenvalue weighted by Crippen LogP contribution is 2.43. The van der Waals surface area contributed by atoms with E-state index in [1.807, 2.05) is 0 Å². The second-order valence-corrected chi connectivity index (χ2v) is 6.44. The zero-order valence-electron chi connectivity index (χ0n) is 13.3. The Balaban J connectivity index is 1.87. The van der Waals surface area contributed by atoms with Crippen LogP contribution in [0.3, 0.4) is 0 Å². The molecule has 3 rings (SSSR count). The Kier molecular flexibility index (Phi) is 4.73. The summed E-state index contributed by atoms with van der Waals surface area (Å²) in [7, 11) is 1.79. The zero-order chi connectivity index (χ0) is 14.7. The van der Waals surface area contributed by atoms with Gasteiger partial charge in [0.2, 0.25) is 0 Å². The van der Waals surface area contributed by atoms with E-state index < -0.39 is 0 Å². The molecule has 1 N–H and O–H groups in total. The second kappa shape index (κ2) is 6.73. The van der Waals surface area contributed by atoms with Crippen LogP contribution in [0.4, 0.5) is 5.82 Å². The topological polar surface area (TPSA) is 47.0 Å². The molecule has 1 aromatic rings. The fraction of sp³-hybridized carbons (Fsp3) is 0.765. The molecule has 0 amide bonds. The maximum Gasteiger partial charge on any atom is 0.160 e. The Morgan fingerprint density at radius 1 is 1.24 bits per heavy atom. The first-order valence-electron chi connectivity index (χ1n) is 8.47. The number of rotatable bonds is 7. The van der Waals surface area contributed by atoms with Crippen molar-refractivity contribution in [2.75, 3.05) is 19.0 Å². The van der Waals surface area contributed by atoms with Crippen molar-refractivity contribution in [1.82, 2.24) is 9.97 Å². The summed E-state index contributed by atoms with van der Waals surface area (Å²) in [5, 5.41) is 3.43. The molecular weight excluding hydrogens is 262 g/mol. The molecule has 0 aliphatic heterocycles. The highest BCUT2D eigenvalue weighted by atomic mass is 16.5. The first-order chi connectivity index (χ1) is 10.3. The van der Waals surface area contributed by atoms with E-state index in [2.05, 4.69) is 18.3 Å². The van der Waals surface area contributed by atoms with Gasteiger partial charge in [0.25, 0.3) is 0 Å². The third kappa shape index (κ3) is 3.54. The lowest BCUT2D eigenvalue weighted by Gasteiger charge is -2.18. The molecule has 0 saturated heterocycles. The minimum Gasteiger partial charge on any atom is -0.373 e. The monoisotopic (exact) mass is 289 g/mol. The quantitative estimate of drug-likeness (QED) is 0.822. The lowest BCUT2D eigenvalue weighted by Crippen LogP contribution is -2.14. The van der Waals surface area contributed by atoms with Crippen molar-refractivity contribution in [2.45, 2.75) is 63.9 Å². The Morgan fingerprint density at radius 3 is 2.62 bits per heavy atom. The van der Waals surface area contributed by atoms with Gasteiger partial charge in [0.15, 0.2) is 5.82 Å². The molecule has 0 spiro atoms. The summed E-state index contributed by atoms with van der Waals surface area (Å²) in [6.07, 6.45) is 8.87. The molecule has 1 atom stereocenters. The summed E-state index contributed by atoms with van der Waals surface area (Å²) in [4.78, 5) is 9.61. The molecule has 2 fully saturated rings. The van der Waals surface area contributed by atoms with E-state index in [0.717, 1.165) is 24.6 Å². The fourth-order valence-electron chi connectivity index (χ4n) is 3.29. The van der Waals surface area contributed by atoms with Crippen LogP contribution in [0.15, 0.2) is 6.07 Å². The predicted molar refractivity (Wildman–Crippen MR) is 84.5 cm³/mol. The largest absolute Gasteiger partial charge is 0.373 e. The van der Waals surface area contributed by atoms with E-state index in [1.165, 1.54) is 44.2 Å². The van der Waals surface area contributed by atoms with Crippen molar-refractivity contribution in [2.24, 2.45) is 5.92 Å². The molecule has 4 nitrogen and oxygen atoms in total. The van der Waals surface area contributed by atoms with Crippen molar-refractivity contribution >= 4 is 5.82 Å². The van der Waals surface area contributed by atoms with E-state index in [1.54, 1.807) is 7.11 Å². The molecule has 0 radical (unpaired) electrons. The van der Waals surface area contributed by atoms with E-state index >= 15 is 0 Å². The summed E-state index contributed by atoms with van der Waals surface area (Å²) in [6, 6.07) is 2.16. The van der Waals surface area contributed by atoms with Gasteiger partial charge in [-0.2, -0.15) is 0 Å². The smallest absolute Gasteiger partial charge is 0.160 e. The van der Waals surface area contributed by atoms with Gasteiger partial charge in [0.1, 0.15) is 11.9 Å². The van der Waals surface area contributed by atoms with Gasteiger partial charge in [-0.15, -0.1) is 0 Å². The number of anilines is 1. The third-order valence-corrected chi connectivity index (χ3v) is 4.65. The Hall–Kier alpha value is -1.16. The van der Waals surface area contributed by atoms with Gasteiger partial charge in [-0.05, 0) is 38.0 Å². The zero-order valence-corrected chi connectivity index (χ0v) is 13.3. The first-order valence-corrected chi connectivity index (χ1v) is 8.47. The van der Waals surface area contributed by atoms with Crippen molar-refractivity contribution in [3.63, 3.8) is 0 Å². The molecule has 1 unspecified atom stereocenters. The van der Waals surface area contributed by atoms with Crippen molar-refractivity contribution in [3.8, 4) is 0 Å². The van der Waals surface area contributed by atoms with Crippen molar-refractivity contribution < 1.29 is 4.74 Å². The van der Waals surface area contributed by atoms with E-state index in [-0.39, 0.29) is 6.10 Å². The lowest BCUT2D eigenvalue weighted by molar-refractivity contribution is 0.0770. The van der Waals surface area contributed by atoms with Crippen LogP contribution in [-0.4, -0.2) is 23.6 Å². The van der Waals surface area contributed by atoms with Gasteiger partial charge < -0.3 is 10.1 Å². The molecule has 2 aliphatic rings. The summed E-state index contributed by atoms with van der Waals surface area (Å²) < 4.78 is 5.68. The summed E-state index contributed by atoms with van der Waals surface area (Å²) >= 11 is 0. The average molecular weight is 289 g/mol. The molecule has 1 heterocycles. The fourth-order valence-corrected chi connectivity index (χ4v) is 3.29. The maximum absolute atomic E-state index is 5.68. The predicted octanol–water partition coefficient (Wildman–Crippen LogP) is 4.05. The lowest BCUT2D eigenvalue weighted by atomic mass is 10.0. The minimum absolute atomic E-state index is 0.0773. The van der Waals surface area contributed by atoms with Crippen LogP contribution in [0, 0.1) is 5.92 Å². The van der Waals surface area contributed by atoms with Crippen LogP contribution in [0.1, 0.15) is 75.4 Å². The van der Waals surface area contributed by atoms with Crippen LogP contribution < -0.4 is 5.32 Å². The molecule has 21 heavy (non-hydrogen) atoms. The van der Waals surface area contributed by atoms with Gasteiger partial charge in [-0.25, -0.2) is 9.97 Å². The Bertz CT molecular complexity index is 467. The molecule has 0 aromatic carbocycles. The van der Waals surface area contributed by atoms with Crippen LogP contribution in [0.2, 0.25) is 0 Å². The average Bonchev–Trinajstić information content (AvgIpc) is 3.18. The Morgan fingerprint density at radius 2 is 2.00 bits per heavy atom. The Labute approximate surface area is 127 Å². The highest BCUT2D eigenvalue weighted by Gasteiger charge is 2.35. The van der Waals surface area contributed by atoms with E-state index in [4.69, 9.17) is 14.7 Å². The molecule has 2 aliphatic carbocycles. The van der Waals surface area contributed by atoms with Gasteiger partial charge in [-0.1, -0.05) is 19.8 Å². The molecule has 1 aromatic heterocycles. The van der Waals surface area contributed by atoms with Crippen LogP contribution in [0.5, 0.6) is 0 Å². The normalized spacial score (nSPS) is 20.7. The van der Waals surface area contributed by atoms with Crippen LogP contribution in [-0.2, 0) is 4.74 Å². The van der Waals surface area contributed by atoms with E-state index in [9.17, 15) is 0 Å². The number of hydrogen-bond acceptors (Lipinski definition) is 4. The molecule has 116 valence electrons. The van der Waals surface area contributed by atoms with Gasteiger partial charge in [0, 0.05) is 31.3 Å². The summed E-state index contributed by atoms with van der Waals surface area (Å²) in [6.45, 7) is 3.14. The van der Waals surface area contributed by atoms with Gasteiger partial charge in [-0.3, -0.25) is 0 Å². The molecule has 4 heteroatoms. The summed E-state index contributed by atoms with van der Waals surface area (Å²) in [5.74, 6) is 3.10. The van der Waals surface area contributed by atoms with Crippen molar-refractivity contribution in [3.05, 3.63) is 17.6 Å². The number of ether oxygens (including phenoxy) is 1. The van der Waals surface area contributed by atoms with Gasteiger partial charge >= 0.3 is 0 Å². The first kappa shape index (κ1) is 14.8. The third-order valence-electron chi connectivity index (χ3n) is 4.65. The second-order valence-electron chi connectivity index (χ2n) is 6.44. The minimum atomic E-state index is 0.0773. The molecule has 0 bridgehead atoms. The number of methoxy groups -OCH3 is 1. The van der Waals surface area contributed by atoms with E-state index in [0.29, 0.717) is 11.8 Å². The number of nitrogens with one attached hydrogen (secondary N) is 1. The highest BCUT2D eigenvalue weighted by molar-refractivity contribution is 5.37. The van der Waals surface area contributed by atoms with Gasteiger partial charge in [0.05, 0.1) is 0 Å². The molecule has 2 saturated carbocycles. The molecular formula is C17H27N3O.